The Morgan fingerprint density at radius 1 is 1.18 bits per heavy atom. The molecule has 0 spiro atoms. The van der Waals surface area contributed by atoms with Crippen molar-refractivity contribution in [3.8, 4) is 0 Å². The predicted octanol–water partition coefficient (Wildman–Crippen LogP) is 3.46. The minimum absolute atomic E-state index is 0.0845. The predicted molar refractivity (Wildman–Crippen MR) is 70.5 cm³/mol. The zero-order chi connectivity index (χ0) is 12.4. The van der Waals surface area contributed by atoms with Gasteiger partial charge in [-0.15, -0.1) is 0 Å². The van der Waals surface area contributed by atoms with Gasteiger partial charge in [-0.1, -0.05) is 35.4 Å². The van der Waals surface area contributed by atoms with Crippen molar-refractivity contribution in [2.24, 2.45) is 0 Å². The van der Waals surface area contributed by atoms with Gasteiger partial charge in [0.2, 0.25) is 0 Å². The van der Waals surface area contributed by atoms with E-state index in [1.807, 2.05) is 25.1 Å². The lowest BCUT2D eigenvalue weighted by atomic mass is 10.0. The molecule has 2 aromatic carbocycles. The Bertz CT molecular complexity index is 578. The average molecular weight is 246 g/mol. The molecular formula is C14H12ClNO. The first-order valence-electron chi connectivity index (χ1n) is 5.24. The van der Waals surface area contributed by atoms with Gasteiger partial charge in [-0.05, 0) is 31.2 Å². The van der Waals surface area contributed by atoms with Crippen LogP contribution in [0, 0.1) is 6.92 Å². The highest BCUT2D eigenvalue weighted by Gasteiger charge is 2.12. The second-order valence-corrected chi connectivity index (χ2v) is 4.35. The van der Waals surface area contributed by atoms with Crippen molar-refractivity contribution in [2.45, 2.75) is 6.92 Å². The van der Waals surface area contributed by atoms with Crippen molar-refractivity contribution in [1.29, 1.82) is 0 Å². The monoisotopic (exact) mass is 245 g/mol. The molecule has 0 fully saturated rings. The molecule has 0 aromatic heterocycles. The fourth-order valence-corrected chi connectivity index (χ4v) is 1.93. The van der Waals surface area contributed by atoms with Gasteiger partial charge in [0, 0.05) is 16.8 Å². The largest absolute Gasteiger partial charge is 0.399 e. The standard InChI is InChI=1S/C14H12ClNO/c1-9-3-2-4-10(7-9)14(17)12-6-5-11(16)8-13(12)15/h2-8H,16H2,1H3. The van der Waals surface area contributed by atoms with Gasteiger partial charge in [0.15, 0.2) is 5.78 Å². The summed E-state index contributed by atoms with van der Waals surface area (Å²) in [5, 5.41) is 0.386. The van der Waals surface area contributed by atoms with Crippen molar-refractivity contribution in [1.82, 2.24) is 0 Å². The normalized spacial score (nSPS) is 10.2. The molecule has 0 amide bonds. The van der Waals surface area contributed by atoms with Crippen LogP contribution in [0.15, 0.2) is 42.5 Å². The summed E-state index contributed by atoms with van der Waals surface area (Å²) in [6.07, 6.45) is 0. The third-order valence-electron chi connectivity index (χ3n) is 2.52. The van der Waals surface area contributed by atoms with Crippen LogP contribution in [0.4, 0.5) is 5.69 Å². The fraction of sp³-hybridized carbons (Fsp3) is 0.0714. The topological polar surface area (TPSA) is 43.1 Å². The van der Waals surface area contributed by atoms with Crippen molar-refractivity contribution < 1.29 is 4.79 Å². The molecule has 0 aliphatic rings. The fourth-order valence-electron chi connectivity index (χ4n) is 1.66. The molecule has 0 bridgehead atoms. The number of aryl methyl sites for hydroxylation is 1. The van der Waals surface area contributed by atoms with Crippen molar-refractivity contribution in [3.05, 3.63) is 64.2 Å². The zero-order valence-corrected chi connectivity index (χ0v) is 10.2. The molecular weight excluding hydrogens is 234 g/mol. The maximum atomic E-state index is 12.2. The maximum Gasteiger partial charge on any atom is 0.194 e. The van der Waals surface area contributed by atoms with E-state index in [2.05, 4.69) is 0 Å². The number of carbonyl (C=O) groups excluding carboxylic acids is 1. The van der Waals surface area contributed by atoms with E-state index in [4.69, 9.17) is 17.3 Å². The Balaban J connectivity index is 2.44. The molecule has 0 heterocycles. The third-order valence-corrected chi connectivity index (χ3v) is 2.83. The van der Waals surface area contributed by atoms with Gasteiger partial charge in [-0.2, -0.15) is 0 Å². The maximum absolute atomic E-state index is 12.2. The first kappa shape index (κ1) is 11.7. The number of ketones is 1. The molecule has 0 saturated heterocycles. The molecule has 2 nitrogen and oxygen atoms in total. The van der Waals surface area contributed by atoms with Crippen LogP contribution in [-0.2, 0) is 0 Å². The van der Waals surface area contributed by atoms with E-state index < -0.39 is 0 Å². The van der Waals surface area contributed by atoms with Crippen LogP contribution in [0.5, 0.6) is 0 Å². The van der Waals surface area contributed by atoms with Crippen LogP contribution in [0.3, 0.4) is 0 Å². The van der Waals surface area contributed by atoms with Gasteiger partial charge in [0.1, 0.15) is 0 Å². The van der Waals surface area contributed by atoms with Crippen LogP contribution in [0.2, 0.25) is 5.02 Å². The summed E-state index contributed by atoms with van der Waals surface area (Å²) in [5.74, 6) is -0.0845. The summed E-state index contributed by atoms with van der Waals surface area (Å²) in [7, 11) is 0. The van der Waals surface area contributed by atoms with Gasteiger partial charge in [0.05, 0.1) is 5.02 Å². The molecule has 0 aliphatic heterocycles. The van der Waals surface area contributed by atoms with E-state index >= 15 is 0 Å². The average Bonchev–Trinajstić information content (AvgIpc) is 2.28. The molecule has 2 aromatic rings. The Labute approximate surface area is 105 Å². The number of rotatable bonds is 2. The van der Waals surface area contributed by atoms with Gasteiger partial charge in [0.25, 0.3) is 0 Å². The number of benzene rings is 2. The number of nitrogen functional groups attached to an aromatic ring is 1. The smallest absolute Gasteiger partial charge is 0.194 e. The van der Waals surface area contributed by atoms with Crippen LogP contribution in [-0.4, -0.2) is 5.78 Å². The summed E-state index contributed by atoms with van der Waals surface area (Å²) < 4.78 is 0. The highest BCUT2D eigenvalue weighted by atomic mass is 35.5. The second kappa shape index (κ2) is 4.60. The minimum Gasteiger partial charge on any atom is -0.399 e. The van der Waals surface area contributed by atoms with E-state index in [-0.39, 0.29) is 5.78 Å². The molecule has 86 valence electrons. The molecule has 3 heteroatoms. The van der Waals surface area contributed by atoms with Crippen molar-refractivity contribution >= 4 is 23.1 Å². The second-order valence-electron chi connectivity index (χ2n) is 3.94. The Hall–Kier alpha value is -1.80. The molecule has 0 unspecified atom stereocenters. The Kier molecular flexibility index (Phi) is 3.16. The van der Waals surface area contributed by atoms with Crippen molar-refractivity contribution in [3.63, 3.8) is 0 Å². The van der Waals surface area contributed by atoms with Crippen LogP contribution >= 0.6 is 11.6 Å². The number of anilines is 1. The van der Waals surface area contributed by atoms with E-state index in [0.717, 1.165) is 5.56 Å². The highest BCUT2D eigenvalue weighted by molar-refractivity contribution is 6.35. The van der Waals surface area contributed by atoms with Gasteiger partial charge < -0.3 is 5.73 Å². The Morgan fingerprint density at radius 3 is 2.59 bits per heavy atom. The summed E-state index contributed by atoms with van der Waals surface area (Å²) in [5.41, 5.74) is 8.30. The van der Waals surface area contributed by atoms with Crippen LogP contribution in [0.1, 0.15) is 21.5 Å². The molecule has 17 heavy (non-hydrogen) atoms. The lowest BCUT2D eigenvalue weighted by molar-refractivity contribution is 0.103. The molecule has 0 aliphatic carbocycles. The zero-order valence-electron chi connectivity index (χ0n) is 9.41. The Morgan fingerprint density at radius 2 is 1.94 bits per heavy atom. The summed E-state index contributed by atoms with van der Waals surface area (Å²) >= 11 is 6.01. The lowest BCUT2D eigenvalue weighted by Gasteiger charge is -2.05. The summed E-state index contributed by atoms with van der Waals surface area (Å²) in [6, 6.07) is 12.3. The minimum atomic E-state index is -0.0845. The summed E-state index contributed by atoms with van der Waals surface area (Å²) in [6.45, 7) is 1.95. The van der Waals surface area contributed by atoms with E-state index in [1.54, 1.807) is 24.3 Å². The molecule has 0 radical (unpaired) electrons. The SMILES string of the molecule is Cc1cccc(C(=O)c2ccc(N)cc2Cl)c1. The van der Waals surface area contributed by atoms with Crippen LogP contribution in [0.25, 0.3) is 0 Å². The highest BCUT2D eigenvalue weighted by Crippen LogP contribution is 2.22. The summed E-state index contributed by atoms with van der Waals surface area (Å²) in [4.78, 5) is 12.2. The lowest BCUT2D eigenvalue weighted by Crippen LogP contribution is -2.02. The quantitative estimate of drug-likeness (QED) is 0.650. The molecule has 2 rings (SSSR count). The number of carbonyl (C=O) groups is 1. The molecule has 0 saturated carbocycles. The van der Waals surface area contributed by atoms with Crippen molar-refractivity contribution in [2.75, 3.05) is 5.73 Å². The third kappa shape index (κ3) is 2.48. The van der Waals surface area contributed by atoms with Crippen LogP contribution < -0.4 is 5.73 Å². The first-order chi connectivity index (χ1) is 8.08. The van der Waals surface area contributed by atoms with Gasteiger partial charge >= 0.3 is 0 Å². The number of hydrogen-bond acceptors (Lipinski definition) is 2. The number of hydrogen-bond donors (Lipinski definition) is 1. The van der Waals surface area contributed by atoms with E-state index in [0.29, 0.717) is 21.8 Å². The van der Waals surface area contributed by atoms with E-state index in [1.165, 1.54) is 0 Å². The molecule has 2 N–H and O–H groups in total. The molecule has 0 atom stereocenters. The van der Waals surface area contributed by atoms with E-state index in [9.17, 15) is 4.79 Å². The number of halogens is 1. The van der Waals surface area contributed by atoms with Gasteiger partial charge in [-0.25, -0.2) is 0 Å². The number of nitrogens with two attached hydrogens (primary N) is 1. The van der Waals surface area contributed by atoms with Gasteiger partial charge in [-0.3, -0.25) is 4.79 Å². The first-order valence-corrected chi connectivity index (χ1v) is 5.62.